The zero-order chi connectivity index (χ0) is 16.8. The smallest absolute Gasteiger partial charge is 0.335 e. The van der Waals surface area contributed by atoms with Gasteiger partial charge in [0.2, 0.25) is 0 Å². The van der Waals surface area contributed by atoms with Crippen LogP contribution in [0.4, 0.5) is 0 Å². The maximum absolute atomic E-state index is 10.9. The van der Waals surface area contributed by atoms with Crippen molar-refractivity contribution >= 4 is 5.97 Å². The zero-order valence-electron chi connectivity index (χ0n) is 13.9. The average molecular weight is 316 g/mol. The third-order valence-electron chi connectivity index (χ3n) is 3.78. The average Bonchev–Trinajstić information content (AvgIpc) is 2.90. The fourth-order valence-corrected chi connectivity index (χ4v) is 2.32. The summed E-state index contributed by atoms with van der Waals surface area (Å²) in [5, 5.41) is 8.98. The summed E-state index contributed by atoms with van der Waals surface area (Å²) in [4.78, 5) is 22.9. The predicted molar refractivity (Wildman–Crippen MR) is 89.4 cm³/mol. The summed E-state index contributed by atoms with van der Waals surface area (Å²) in [5.41, 5.74) is 3.55. The number of carboxylic acid groups (broad SMARTS) is 1. The Morgan fingerprint density at radius 3 is 2.39 bits per heavy atom. The first kappa shape index (κ1) is 17.2. The Balaban J connectivity index is 2.06. The van der Waals surface area contributed by atoms with Crippen molar-refractivity contribution in [2.75, 3.05) is 27.2 Å². The van der Waals surface area contributed by atoms with Gasteiger partial charge in [0.05, 0.1) is 17.6 Å². The van der Waals surface area contributed by atoms with E-state index in [0.717, 1.165) is 43.1 Å². The van der Waals surface area contributed by atoms with E-state index in [4.69, 9.17) is 5.11 Å². The van der Waals surface area contributed by atoms with E-state index in [1.807, 2.05) is 19.1 Å². The molecular formula is C17H24N4O2. The van der Waals surface area contributed by atoms with Crippen molar-refractivity contribution < 1.29 is 9.90 Å². The lowest BCUT2D eigenvalue weighted by Gasteiger charge is -2.24. The highest BCUT2D eigenvalue weighted by atomic mass is 16.4. The highest BCUT2D eigenvalue weighted by Crippen LogP contribution is 2.12. The lowest BCUT2D eigenvalue weighted by Crippen LogP contribution is -2.31. The van der Waals surface area contributed by atoms with Gasteiger partial charge in [-0.05, 0) is 38.7 Å². The second-order valence-electron chi connectivity index (χ2n) is 5.99. The van der Waals surface area contributed by atoms with E-state index in [-0.39, 0.29) is 0 Å². The zero-order valence-corrected chi connectivity index (χ0v) is 13.9. The van der Waals surface area contributed by atoms with Crippen LogP contribution in [0, 0.1) is 6.92 Å². The number of benzene rings is 1. The summed E-state index contributed by atoms with van der Waals surface area (Å²) < 4.78 is 0. The van der Waals surface area contributed by atoms with Crippen LogP contribution in [0.5, 0.6) is 0 Å². The van der Waals surface area contributed by atoms with Crippen LogP contribution in [0.3, 0.4) is 0 Å². The maximum atomic E-state index is 10.9. The highest BCUT2D eigenvalue weighted by Gasteiger charge is 2.11. The fourth-order valence-electron chi connectivity index (χ4n) is 2.32. The van der Waals surface area contributed by atoms with Crippen LogP contribution in [-0.4, -0.2) is 58.0 Å². The lowest BCUT2D eigenvalue weighted by atomic mass is 10.1. The van der Waals surface area contributed by atoms with E-state index in [0.29, 0.717) is 5.56 Å². The third kappa shape index (κ3) is 5.19. The largest absolute Gasteiger partial charge is 0.478 e. The fraction of sp³-hybridized carbons (Fsp3) is 0.412. The minimum Gasteiger partial charge on any atom is -0.478 e. The monoisotopic (exact) mass is 316 g/mol. The van der Waals surface area contributed by atoms with E-state index >= 15 is 0 Å². The normalized spacial score (nSPS) is 11.3. The highest BCUT2D eigenvalue weighted by molar-refractivity contribution is 5.87. The quantitative estimate of drug-likeness (QED) is 0.779. The minimum absolute atomic E-state index is 0.316. The van der Waals surface area contributed by atoms with Gasteiger partial charge in [0.25, 0.3) is 0 Å². The van der Waals surface area contributed by atoms with Crippen molar-refractivity contribution in [2.45, 2.75) is 20.0 Å². The van der Waals surface area contributed by atoms with Gasteiger partial charge in [-0.25, -0.2) is 9.78 Å². The van der Waals surface area contributed by atoms with Crippen LogP contribution < -0.4 is 0 Å². The Labute approximate surface area is 136 Å². The molecule has 0 bridgehead atoms. The predicted octanol–water partition coefficient (Wildman–Crippen LogP) is 1.98. The molecule has 2 rings (SSSR count). The number of carboxylic acids is 1. The molecule has 2 aromatic rings. The summed E-state index contributed by atoms with van der Waals surface area (Å²) in [5.74, 6) is -0.895. The van der Waals surface area contributed by atoms with Crippen LogP contribution in [0.2, 0.25) is 0 Å². The molecule has 1 aromatic carbocycles. The number of nitrogens with zero attached hydrogens (tertiary/aromatic N) is 3. The molecule has 0 aliphatic rings. The molecule has 124 valence electrons. The Hall–Kier alpha value is -2.18. The van der Waals surface area contributed by atoms with Gasteiger partial charge in [0, 0.05) is 31.9 Å². The van der Waals surface area contributed by atoms with Gasteiger partial charge >= 0.3 is 5.97 Å². The molecule has 0 unspecified atom stereocenters. The van der Waals surface area contributed by atoms with Gasteiger partial charge in [0.15, 0.2) is 0 Å². The summed E-state index contributed by atoms with van der Waals surface area (Å²) >= 11 is 0. The van der Waals surface area contributed by atoms with Crippen LogP contribution in [0.1, 0.15) is 27.3 Å². The molecule has 0 amide bonds. The first-order valence-corrected chi connectivity index (χ1v) is 7.64. The molecule has 0 aliphatic carbocycles. The number of aryl methyl sites for hydroxylation is 1. The molecule has 23 heavy (non-hydrogen) atoms. The Morgan fingerprint density at radius 1 is 1.17 bits per heavy atom. The number of aromatic nitrogens is 2. The summed E-state index contributed by atoms with van der Waals surface area (Å²) in [7, 11) is 4.11. The van der Waals surface area contributed by atoms with Crippen molar-refractivity contribution in [3.05, 3.63) is 53.1 Å². The summed E-state index contributed by atoms with van der Waals surface area (Å²) in [6.45, 7) is 5.43. The molecule has 6 nitrogen and oxygen atoms in total. The lowest BCUT2D eigenvalue weighted by molar-refractivity contribution is 0.0697. The Morgan fingerprint density at radius 2 is 1.87 bits per heavy atom. The van der Waals surface area contributed by atoms with Gasteiger partial charge in [-0.1, -0.05) is 12.1 Å². The molecule has 6 heteroatoms. The third-order valence-corrected chi connectivity index (χ3v) is 3.78. The molecule has 0 spiro atoms. The van der Waals surface area contributed by atoms with Gasteiger partial charge in [0.1, 0.15) is 0 Å². The second-order valence-corrected chi connectivity index (χ2v) is 5.99. The van der Waals surface area contributed by atoms with Gasteiger partial charge in [-0.2, -0.15) is 0 Å². The summed E-state index contributed by atoms with van der Waals surface area (Å²) in [6.07, 6.45) is 1.72. The molecule has 0 aliphatic heterocycles. The van der Waals surface area contributed by atoms with Crippen molar-refractivity contribution in [1.29, 1.82) is 0 Å². The molecule has 0 fully saturated rings. The summed E-state index contributed by atoms with van der Waals surface area (Å²) in [6, 6.07) is 7.07. The standard InChI is InChI=1S/C17H24N4O2/c1-13-16(19-12-18-13)11-21(9-8-20(2)3)10-14-4-6-15(7-5-14)17(22)23/h4-7,12H,8-11H2,1-3H3,(H,18,19)(H,22,23). The Bertz CT molecular complexity index is 634. The number of aromatic carboxylic acids is 1. The van der Waals surface area contributed by atoms with E-state index in [2.05, 4.69) is 33.9 Å². The van der Waals surface area contributed by atoms with Crippen LogP contribution in [0.25, 0.3) is 0 Å². The minimum atomic E-state index is -0.895. The number of likely N-dealkylation sites (N-methyl/N-ethyl adjacent to an activating group) is 1. The second kappa shape index (κ2) is 7.89. The van der Waals surface area contributed by atoms with Crippen molar-refractivity contribution in [1.82, 2.24) is 19.8 Å². The first-order valence-electron chi connectivity index (χ1n) is 7.64. The molecule has 2 N–H and O–H groups in total. The SMILES string of the molecule is Cc1[nH]cnc1CN(CCN(C)C)Cc1ccc(C(=O)O)cc1. The number of imidazole rings is 1. The number of rotatable bonds is 8. The Kier molecular flexibility index (Phi) is 5.90. The van der Waals surface area contributed by atoms with Crippen LogP contribution in [-0.2, 0) is 13.1 Å². The molecule has 0 saturated heterocycles. The van der Waals surface area contributed by atoms with Crippen LogP contribution >= 0.6 is 0 Å². The topological polar surface area (TPSA) is 72.5 Å². The van der Waals surface area contributed by atoms with Crippen molar-refractivity contribution in [3.8, 4) is 0 Å². The van der Waals surface area contributed by atoms with Gasteiger partial charge in [-0.3, -0.25) is 4.90 Å². The van der Waals surface area contributed by atoms with E-state index < -0.39 is 5.97 Å². The molecule has 0 saturated carbocycles. The number of aromatic amines is 1. The van der Waals surface area contributed by atoms with E-state index in [1.165, 1.54) is 0 Å². The number of hydrogen-bond donors (Lipinski definition) is 2. The molecule has 1 aromatic heterocycles. The first-order chi connectivity index (χ1) is 11.0. The molecule has 0 atom stereocenters. The van der Waals surface area contributed by atoms with E-state index in [9.17, 15) is 4.79 Å². The van der Waals surface area contributed by atoms with Crippen molar-refractivity contribution in [2.24, 2.45) is 0 Å². The number of H-pyrrole nitrogens is 1. The molecule has 0 radical (unpaired) electrons. The maximum Gasteiger partial charge on any atom is 0.335 e. The van der Waals surface area contributed by atoms with Crippen molar-refractivity contribution in [3.63, 3.8) is 0 Å². The number of hydrogen-bond acceptors (Lipinski definition) is 4. The van der Waals surface area contributed by atoms with E-state index in [1.54, 1.807) is 18.5 Å². The van der Waals surface area contributed by atoms with Crippen LogP contribution in [0.15, 0.2) is 30.6 Å². The van der Waals surface area contributed by atoms with Gasteiger partial charge in [-0.15, -0.1) is 0 Å². The van der Waals surface area contributed by atoms with Gasteiger partial charge < -0.3 is 15.0 Å². The molecule has 1 heterocycles. The molecular weight excluding hydrogens is 292 g/mol. The number of carbonyl (C=O) groups is 1. The number of nitrogens with one attached hydrogen (secondary N) is 1.